The van der Waals surface area contributed by atoms with E-state index >= 15 is 0 Å². The van der Waals surface area contributed by atoms with Crippen molar-refractivity contribution in [2.45, 2.75) is 68.2 Å². The number of amides is 2. The van der Waals surface area contributed by atoms with Crippen molar-refractivity contribution in [2.75, 3.05) is 30.3 Å². The summed E-state index contributed by atoms with van der Waals surface area (Å²) in [6, 6.07) is 5.07. The van der Waals surface area contributed by atoms with Crippen LogP contribution in [0.4, 0.5) is 5.69 Å². The molecule has 3 atom stereocenters. The Labute approximate surface area is 195 Å². The van der Waals surface area contributed by atoms with E-state index in [0.29, 0.717) is 30.6 Å². The van der Waals surface area contributed by atoms with Crippen LogP contribution >= 0.6 is 11.8 Å². The van der Waals surface area contributed by atoms with Gasteiger partial charge in [-0.15, -0.1) is 11.8 Å². The molecular formula is C23H33N3O4S2. The van der Waals surface area contributed by atoms with E-state index in [4.69, 9.17) is 0 Å². The maximum atomic E-state index is 13.1. The molecule has 1 saturated heterocycles. The molecular weight excluding hydrogens is 446 g/mol. The van der Waals surface area contributed by atoms with E-state index < -0.39 is 10.0 Å². The van der Waals surface area contributed by atoms with Gasteiger partial charge in [0.05, 0.1) is 16.3 Å². The fraction of sp³-hybridized carbons (Fsp3) is 0.652. The Hall–Kier alpha value is -1.58. The highest BCUT2D eigenvalue weighted by Gasteiger charge is 2.33. The van der Waals surface area contributed by atoms with Crippen LogP contribution < -0.4 is 10.2 Å². The number of rotatable bonds is 5. The largest absolute Gasteiger partial charge is 0.352 e. The summed E-state index contributed by atoms with van der Waals surface area (Å²) in [5.41, 5.74) is 0.518. The Kier molecular flexibility index (Phi) is 7.17. The number of piperidine rings is 1. The third kappa shape index (κ3) is 4.84. The minimum absolute atomic E-state index is 0.0861. The first kappa shape index (κ1) is 23.6. The van der Waals surface area contributed by atoms with Gasteiger partial charge in [0, 0.05) is 24.0 Å². The molecule has 1 aliphatic carbocycles. The molecule has 2 heterocycles. The summed E-state index contributed by atoms with van der Waals surface area (Å²) < 4.78 is 27.8. The summed E-state index contributed by atoms with van der Waals surface area (Å²) in [5, 5.41) is 3.13. The highest BCUT2D eigenvalue weighted by molar-refractivity contribution is 8.00. The predicted molar refractivity (Wildman–Crippen MR) is 126 cm³/mol. The monoisotopic (exact) mass is 479 g/mol. The molecule has 0 bridgehead atoms. The van der Waals surface area contributed by atoms with Gasteiger partial charge >= 0.3 is 0 Å². The molecule has 1 saturated carbocycles. The van der Waals surface area contributed by atoms with Gasteiger partial charge in [0.15, 0.2) is 0 Å². The number of benzene rings is 1. The van der Waals surface area contributed by atoms with Crippen LogP contribution in [0.25, 0.3) is 0 Å². The molecule has 7 nitrogen and oxygen atoms in total. The van der Waals surface area contributed by atoms with E-state index in [2.05, 4.69) is 19.2 Å². The number of sulfonamides is 1. The Morgan fingerprint density at radius 2 is 1.88 bits per heavy atom. The van der Waals surface area contributed by atoms with Crippen LogP contribution in [-0.4, -0.2) is 56.0 Å². The minimum Gasteiger partial charge on any atom is -0.352 e. The van der Waals surface area contributed by atoms with Crippen molar-refractivity contribution in [3.05, 3.63) is 18.2 Å². The van der Waals surface area contributed by atoms with Crippen LogP contribution in [-0.2, 0) is 19.6 Å². The Morgan fingerprint density at radius 3 is 2.62 bits per heavy atom. The van der Waals surface area contributed by atoms with Crippen molar-refractivity contribution < 1.29 is 18.0 Å². The van der Waals surface area contributed by atoms with E-state index in [9.17, 15) is 18.0 Å². The molecule has 2 fully saturated rings. The van der Waals surface area contributed by atoms with E-state index in [0.717, 1.165) is 37.0 Å². The lowest BCUT2D eigenvalue weighted by atomic mass is 9.78. The van der Waals surface area contributed by atoms with Crippen LogP contribution in [0.2, 0.25) is 0 Å². The van der Waals surface area contributed by atoms with Crippen LogP contribution in [0.3, 0.4) is 0 Å². The van der Waals surface area contributed by atoms with Gasteiger partial charge in [-0.2, -0.15) is 4.31 Å². The van der Waals surface area contributed by atoms with Gasteiger partial charge in [-0.3, -0.25) is 9.59 Å². The zero-order chi connectivity index (χ0) is 22.9. The molecule has 0 aromatic heterocycles. The highest BCUT2D eigenvalue weighted by atomic mass is 32.2. The summed E-state index contributed by atoms with van der Waals surface area (Å²) in [6.07, 6.45) is 6.00. The average molecular weight is 480 g/mol. The number of anilines is 1. The molecule has 4 rings (SSSR count). The first-order valence-electron chi connectivity index (χ1n) is 11.6. The lowest BCUT2D eigenvalue weighted by molar-refractivity contribution is -0.124. The molecule has 1 aromatic rings. The van der Waals surface area contributed by atoms with E-state index in [1.807, 2.05) is 0 Å². The number of carbonyl (C=O) groups is 2. The molecule has 0 unspecified atom stereocenters. The highest BCUT2D eigenvalue weighted by Crippen LogP contribution is 2.37. The number of nitrogens with one attached hydrogen (secondary N) is 1. The SMILES string of the molecule is C[C@H]1[C@H](C)CCC[C@H]1NC(=O)CN1C(=O)CSc2ccc(S(=O)(=O)N3CCCCC3)cc21. The Bertz CT molecular complexity index is 975. The van der Waals surface area contributed by atoms with Gasteiger partial charge in [-0.25, -0.2) is 8.42 Å². The predicted octanol–water partition coefficient (Wildman–Crippen LogP) is 3.24. The number of fused-ring (bicyclic) bond motifs is 1. The van der Waals surface area contributed by atoms with Crippen molar-refractivity contribution in [1.29, 1.82) is 0 Å². The van der Waals surface area contributed by atoms with Crippen molar-refractivity contribution in [3.8, 4) is 0 Å². The summed E-state index contributed by atoms with van der Waals surface area (Å²) in [5.74, 6) is 0.843. The molecule has 1 N–H and O–H groups in total. The van der Waals surface area contributed by atoms with E-state index in [-0.39, 0.29) is 35.0 Å². The zero-order valence-corrected chi connectivity index (χ0v) is 20.5. The average Bonchev–Trinajstić information content (AvgIpc) is 2.79. The van der Waals surface area contributed by atoms with Crippen molar-refractivity contribution in [2.24, 2.45) is 11.8 Å². The van der Waals surface area contributed by atoms with Gasteiger partial charge in [-0.1, -0.05) is 33.1 Å². The maximum Gasteiger partial charge on any atom is 0.243 e. The molecule has 0 spiro atoms. The van der Waals surface area contributed by atoms with Crippen LogP contribution in [0, 0.1) is 11.8 Å². The third-order valence-corrected chi connectivity index (χ3v) is 10.1. The molecule has 32 heavy (non-hydrogen) atoms. The maximum absolute atomic E-state index is 13.1. The van der Waals surface area contributed by atoms with Crippen LogP contribution in [0.5, 0.6) is 0 Å². The third-order valence-electron chi connectivity index (χ3n) is 7.18. The molecule has 2 amide bonds. The lowest BCUT2D eigenvalue weighted by Crippen LogP contribution is -2.49. The van der Waals surface area contributed by atoms with Gasteiger partial charge < -0.3 is 10.2 Å². The molecule has 0 radical (unpaired) electrons. The zero-order valence-electron chi connectivity index (χ0n) is 18.9. The van der Waals surface area contributed by atoms with Crippen molar-refractivity contribution in [3.63, 3.8) is 0 Å². The molecule has 2 aliphatic heterocycles. The molecule has 1 aromatic carbocycles. The van der Waals surface area contributed by atoms with Gasteiger partial charge in [-0.05, 0) is 49.3 Å². The first-order chi connectivity index (χ1) is 15.3. The van der Waals surface area contributed by atoms with Gasteiger partial charge in [0.1, 0.15) is 6.54 Å². The van der Waals surface area contributed by atoms with Crippen molar-refractivity contribution in [1.82, 2.24) is 9.62 Å². The second-order valence-electron chi connectivity index (χ2n) is 9.30. The summed E-state index contributed by atoms with van der Waals surface area (Å²) in [4.78, 5) is 28.1. The number of thioether (sulfide) groups is 1. The van der Waals surface area contributed by atoms with Gasteiger partial charge in [0.25, 0.3) is 0 Å². The Morgan fingerprint density at radius 1 is 1.12 bits per heavy atom. The second kappa shape index (κ2) is 9.73. The van der Waals surface area contributed by atoms with Gasteiger partial charge in [0.2, 0.25) is 21.8 Å². The standard InChI is InChI=1S/C23H33N3O4S2/c1-16-7-6-8-19(17(16)2)24-22(27)14-26-20-13-18(9-10-21(20)31-15-23(26)28)32(29,30)25-11-4-3-5-12-25/h9-10,13,16-17,19H,3-8,11-12,14-15H2,1-2H3,(H,24,27)/t16-,17+,19-/m1/s1. The Balaban J connectivity index is 1.54. The number of carbonyl (C=O) groups excluding carboxylic acids is 2. The van der Waals surface area contributed by atoms with Crippen LogP contribution in [0.1, 0.15) is 52.4 Å². The minimum atomic E-state index is -3.62. The van der Waals surface area contributed by atoms with E-state index in [1.54, 1.807) is 18.2 Å². The number of nitrogens with zero attached hydrogens (tertiary/aromatic N) is 2. The number of hydrogen-bond acceptors (Lipinski definition) is 5. The fourth-order valence-electron chi connectivity index (χ4n) is 4.95. The molecule has 9 heteroatoms. The first-order valence-corrected chi connectivity index (χ1v) is 14.1. The molecule has 3 aliphatic rings. The van der Waals surface area contributed by atoms with E-state index in [1.165, 1.54) is 27.4 Å². The lowest BCUT2D eigenvalue weighted by Gasteiger charge is -2.35. The second-order valence-corrected chi connectivity index (χ2v) is 12.3. The number of hydrogen-bond donors (Lipinski definition) is 1. The fourth-order valence-corrected chi connectivity index (χ4v) is 7.41. The summed E-state index contributed by atoms with van der Waals surface area (Å²) in [6.45, 7) is 5.35. The molecule has 176 valence electrons. The van der Waals surface area contributed by atoms with Crippen molar-refractivity contribution >= 4 is 39.3 Å². The summed E-state index contributed by atoms with van der Waals surface area (Å²) >= 11 is 1.39. The normalized spacial score (nSPS) is 27.1. The quantitative estimate of drug-likeness (QED) is 0.701. The topological polar surface area (TPSA) is 86.8 Å². The summed E-state index contributed by atoms with van der Waals surface area (Å²) in [7, 11) is -3.62. The smallest absolute Gasteiger partial charge is 0.243 e. The van der Waals surface area contributed by atoms with Crippen LogP contribution in [0.15, 0.2) is 28.0 Å².